The number of hydrogen-bond acceptors (Lipinski definition) is 5. The van der Waals surface area contributed by atoms with Crippen molar-refractivity contribution in [3.05, 3.63) is 78.6 Å². The van der Waals surface area contributed by atoms with Gasteiger partial charge in [0.2, 0.25) is 0 Å². The fourth-order valence-electron chi connectivity index (χ4n) is 3.83. The van der Waals surface area contributed by atoms with E-state index in [0.29, 0.717) is 28.2 Å². The van der Waals surface area contributed by atoms with E-state index in [9.17, 15) is 14.0 Å². The van der Waals surface area contributed by atoms with Crippen LogP contribution in [0.25, 0.3) is 5.57 Å². The van der Waals surface area contributed by atoms with E-state index in [1.54, 1.807) is 16.7 Å². The number of rotatable bonds is 1. The highest BCUT2D eigenvalue weighted by atomic mass is 32.1. The van der Waals surface area contributed by atoms with Gasteiger partial charge in [-0.25, -0.2) is 9.38 Å². The van der Waals surface area contributed by atoms with E-state index in [4.69, 9.17) is 0 Å². The van der Waals surface area contributed by atoms with E-state index in [-0.39, 0.29) is 17.3 Å². The van der Waals surface area contributed by atoms with Gasteiger partial charge in [0.15, 0.2) is 4.80 Å². The molecule has 5 rings (SSSR count). The zero-order valence-corrected chi connectivity index (χ0v) is 16.6. The van der Waals surface area contributed by atoms with Crippen molar-refractivity contribution in [3.63, 3.8) is 0 Å². The van der Waals surface area contributed by atoms with Crippen LogP contribution >= 0.6 is 11.3 Å². The van der Waals surface area contributed by atoms with Crippen molar-refractivity contribution < 1.29 is 9.18 Å². The minimum absolute atomic E-state index is 0.238. The summed E-state index contributed by atoms with van der Waals surface area (Å²) in [4.78, 5) is 32.9. The van der Waals surface area contributed by atoms with Gasteiger partial charge in [-0.3, -0.25) is 14.2 Å². The Labute approximate surface area is 169 Å². The van der Waals surface area contributed by atoms with Gasteiger partial charge in [-0.15, -0.1) is 0 Å². The highest BCUT2D eigenvalue weighted by Gasteiger charge is 2.29. The van der Waals surface area contributed by atoms with Crippen molar-refractivity contribution in [2.24, 2.45) is 4.99 Å². The number of carbonyl (C=O) groups is 1. The first-order valence-electron chi connectivity index (χ1n) is 9.14. The van der Waals surface area contributed by atoms with E-state index in [1.165, 1.54) is 23.5 Å². The lowest BCUT2D eigenvalue weighted by Gasteiger charge is -2.25. The van der Waals surface area contributed by atoms with Crippen LogP contribution in [0.15, 0.2) is 46.2 Å². The summed E-state index contributed by atoms with van der Waals surface area (Å²) >= 11 is 1.24. The molecule has 6 nitrogen and oxygen atoms in total. The maximum absolute atomic E-state index is 13.2. The number of amides is 1. The molecule has 1 aromatic heterocycles. The Bertz CT molecular complexity index is 1360. The molecule has 0 saturated carbocycles. The lowest BCUT2D eigenvalue weighted by Crippen LogP contribution is -2.43. The summed E-state index contributed by atoms with van der Waals surface area (Å²) in [6.07, 6.45) is 0. The number of aromatic nitrogens is 1. The van der Waals surface area contributed by atoms with Gasteiger partial charge in [-0.05, 0) is 49.7 Å². The molecule has 3 aromatic rings. The van der Waals surface area contributed by atoms with Gasteiger partial charge >= 0.3 is 0 Å². The molecule has 0 bridgehead atoms. The monoisotopic (exact) mass is 408 g/mol. The number of halogens is 1. The van der Waals surface area contributed by atoms with Gasteiger partial charge < -0.3 is 10.2 Å². The second-order valence-electron chi connectivity index (χ2n) is 7.24. The Morgan fingerprint density at radius 3 is 2.66 bits per heavy atom. The minimum atomic E-state index is -0.314. The Morgan fingerprint density at radius 2 is 1.90 bits per heavy atom. The summed E-state index contributed by atoms with van der Waals surface area (Å²) in [6.45, 7) is 4.57. The van der Waals surface area contributed by atoms with Gasteiger partial charge in [0.25, 0.3) is 11.5 Å². The summed E-state index contributed by atoms with van der Waals surface area (Å²) in [5.74, 6) is -0.577. The molecule has 1 amide bonds. The van der Waals surface area contributed by atoms with Gasteiger partial charge in [0.05, 0.1) is 11.3 Å². The smallest absolute Gasteiger partial charge is 0.272 e. The number of hydrogen-bond donors (Lipinski definition) is 1. The van der Waals surface area contributed by atoms with E-state index in [0.717, 1.165) is 28.1 Å². The third-order valence-corrected chi connectivity index (χ3v) is 6.30. The third-order valence-electron chi connectivity index (χ3n) is 5.19. The number of benzene rings is 2. The minimum Gasteiger partial charge on any atom is -0.334 e. The largest absolute Gasteiger partial charge is 0.334 e. The van der Waals surface area contributed by atoms with Crippen LogP contribution in [0.1, 0.15) is 16.7 Å². The topological polar surface area (TPSA) is 66.7 Å². The predicted octanol–water partition coefficient (Wildman–Crippen LogP) is 1.87. The average Bonchev–Trinajstić information content (AvgIpc) is 3.18. The average molecular weight is 408 g/mol. The van der Waals surface area contributed by atoms with Crippen LogP contribution in [0.5, 0.6) is 0 Å². The first-order chi connectivity index (χ1) is 13.9. The molecule has 8 heteroatoms. The summed E-state index contributed by atoms with van der Waals surface area (Å²) in [7, 11) is 0. The molecule has 3 heterocycles. The van der Waals surface area contributed by atoms with Crippen LogP contribution in [-0.4, -0.2) is 17.1 Å². The van der Waals surface area contributed by atoms with Crippen LogP contribution in [-0.2, 0) is 11.5 Å². The molecular formula is C21H17FN4O2S. The third kappa shape index (κ3) is 2.79. The first kappa shape index (κ1) is 17.8. The van der Waals surface area contributed by atoms with E-state index in [1.807, 2.05) is 30.9 Å². The summed E-state index contributed by atoms with van der Waals surface area (Å²) in [6, 6.07) is 10.0. The van der Waals surface area contributed by atoms with E-state index >= 15 is 0 Å². The fraction of sp³-hybridized carbons (Fsp3) is 0.190. The van der Waals surface area contributed by atoms with Crippen molar-refractivity contribution in [1.29, 1.82) is 0 Å². The molecule has 146 valence electrons. The van der Waals surface area contributed by atoms with Crippen molar-refractivity contribution in [2.45, 2.75) is 20.5 Å². The molecule has 0 atom stereocenters. The van der Waals surface area contributed by atoms with Crippen molar-refractivity contribution in [2.75, 3.05) is 16.9 Å². The predicted molar refractivity (Wildman–Crippen MR) is 110 cm³/mol. The molecule has 0 saturated heterocycles. The number of aryl methyl sites for hydroxylation is 2. The molecule has 2 aliphatic heterocycles. The Morgan fingerprint density at radius 1 is 1.14 bits per heavy atom. The van der Waals surface area contributed by atoms with Crippen molar-refractivity contribution in [1.82, 2.24) is 4.57 Å². The molecule has 2 aliphatic rings. The molecule has 0 fully saturated rings. The van der Waals surface area contributed by atoms with Crippen LogP contribution in [0.4, 0.5) is 15.8 Å². The molecular weight excluding hydrogens is 391 g/mol. The molecule has 1 N–H and O–H groups in total. The number of nitrogens with one attached hydrogen (secondary N) is 1. The Balaban J connectivity index is 1.66. The molecule has 0 unspecified atom stereocenters. The molecule has 0 aliphatic carbocycles. The Kier molecular flexibility index (Phi) is 3.92. The lowest BCUT2D eigenvalue weighted by atomic mass is 10.0. The van der Waals surface area contributed by atoms with Gasteiger partial charge in [0, 0.05) is 11.3 Å². The normalized spacial score (nSPS) is 16.9. The summed E-state index contributed by atoms with van der Waals surface area (Å²) < 4.78 is 15.2. The highest BCUT2D eigenvalue weighted by Crippen LogP contribution is 2.33. The zero-order chi connectivity index (χ0) is 20.3. The van der Waals surface area contributed by atoms with Crippen molar-refractivity contribution in [3.8, 4) is 0 Å². The highest BCUT2D eigenvalue weighted by molar-refractivity contribution is 7.07. The van der Waals surface area contributed by atoms with Gasteiger partial charge in [-0.2, -0.15) is 0 Å². The van der Waals surface area contributed by atoms with Crippen LogP contribution < -0.4 is 25.1 Å². The zero-order valence-electron chi connectivity index (χ0n) is 15.8. The SMILES string of the molecule is Cc1cc(C)c2c(c1)/C(=c1/sc3n(c1=O)CN(c1ccc(F)cc1)CN=3)C(=O)N2. The summed E-state index contributed by atoms with van der Waals surface area (Å²) in [5, 5.41) is 2.89. The first-order valence-corrected chi connectivity index (χ1v) is 9.96. The molecule has 29 heavy (non-hydrogen) atoms. The fourth-order valence-corrected chi connectivity index (χ4v) is 4.89. The van der Waals surface area contributed by atoms with Crippen LogP contribution in [0.2, 0.25) is 0 Å². The van der Waals surface area contributed by atoms with Crippen molar-refractivity contribution >= 4 is 34.2 Å². The van der Waals surface area contributed by atoms with Crippen LogP contribution in [0.3, 0.4) is 0 Å². The van der Waals surface area contributed by atoms with E-state index < -0.39 is 0 Å². The standard InChI is InChI=1S/C21H17FN4O2S/c1-11-7-12(2)17-15(8-11)16(19(27)24-17)18-20(28)26-10-25(9-23-21(26)29-18)14-5-3-13(22)4-6-14/h3-8H,9-10H2,1-2H3,(H,24,27)/b18-16-. The molecule has 0 spiro atoms. The van der Waals surface area contributed by atoms with E-state index in [2.05, 4.69) is 10.3 Å². The maximum atomic E-state index is 13.2. The number of anilines is 2. The van der Waals surface area contributed by atoms with Gasteiger partial charge in [0.1, 0.15) is 23.7 Å². The molecule has 2 aromatic carbocycles. The Hall–Kier alpha value is -3.26. The van der Waals surface area contributed by atoms with Gasteiger partial charge in [-0.1, -0.05) is 23.0 Å². The van der Waals surface area contributed by atoms with Crippen LogP contribution in [0, 0.1) is 19.7 Å². The number of thiazole rings is 1. The second kappa shape index (κ2) is 6.38. The maximum Gasteiger partial charge on any atom is 0.272 e. The molecule has 0 radical (unpaired) electrons. The number of carbonyl (C=O) groups excluding carboxylic acids is 1. The number of fused-ring (bicyclic) bond motifs is 2. The second-order valence-corrected chi connectivity index (χ2v) is 8.22. The lowest BCUT2D eigenvalue weighted by molar-refractivity contribution is -0.110. The quantitative estimate of drug-likeness (QED) is 0.669. The number of nitrogens with zero attached hydrogens (tertiary/aromatic N) is 3. The summed E-state index contributed by atoms with van der Waals surface area (Å²) in [5.41, 5.74) is 4.48.